The number of halogens is 1. The summed E-state index contributed by atoms with van der Waals surface area (Å²) in [6.07, 6.45) is 8.54. The molecule has 0 fully saturated rings. The first kappa shape index (κ1) is 20.5. The highest BCUT2D eigenvalue weighted by atomic mass is 35.5. The van der Waals surface area contributed by atoms with Crippen LogP contribution >= 0.6 is 22.9 Å². The van der Waals surface area contributed by atoms with Gasteiger partial charge in [-0.1, -0.05) is 11.6 Å². The van der Waals surface area contributed by atoms with Crippen LogP contribution in [0.4, 0.5) is 10.5 Å². The molecule has 0 atom stereocenters. The average molecular weight is 444 g/mol. The molecule has 2 N–H and O–H groups in total. The molecule has 0 spiro atoms. The number of esters is 1. The van der Waals surface area contributed by atoms with Crippen LogP contribution in [0, 0.1) is 0 Å². The number of amides is 2. The highest BCUT2D eigenvalue weighted by molar-refractivity contribution is 7.14. The Balaban J connectivity index is 1.53. The Labute approximate surface area is 183 Å². The molecule has 30 heavy (non-hydrogen) atoms. The average Bonchev–Trinajstić information content (AvgIpc) is 3.39. The number of fused-ring (bicyclic) bond motifs is 1. The van der Waals surface area contributed by atoms with Gasteiger partial charge >= 0.3 is 12.0 Å². The van der Waals surface area contributed by atoms with Gasteiger partial charge in [0.2, 0.25) is 0 Å². The van der Waals surface area contributed by atoms with Crippen LogP contribution < -0.4 is 10.6 Å². The summed E-state index contributed by atoms with van der Waals surface area (Å²) in [5.74, 6) is -0.538. The summed E-state index contributed by atoms with van der Waals surface area (Å²) in [5, 5.41) is 7.22. The Bertz CT molecular complexity index is 1080. The maximum atomic E-state index is 12.6. The Morgan fingerprint density at radius 1 is 1.20 bits per heavy atom. The van der Waals surface area contributed by atoms with E-state index >= 15 is 0 Å². The Morgan fingerprint density at radius 3 is 2.73 bits per heavy atom. The van der Waals surface area contributed by atoms with Crippen LogP contribution in [-0.4, -0.2) is 23.7 Å². The number of aryl methyl sites for hydroxylation is 1. The second-order valence-electron chi connectivity index (χ2n) is 7.07. The third-order valence-electron chi connectivity index (χ3n) is 5.16. The van der Waals surface area contributed by atoms with E-state index in [1.165, 1.54) is 42.5 Å². The second-order valence-corrected chi connectivity index (χ2v) is 8.59. The molecule has 0 unspecified atom stereocenters. The molecule has 1 aliphatic rings. The Morgan fingerprint density at radius 2 is 1.97 bits per heavy atom. The van der Waals surface area contributed by atoms with E-state index < -0.39 is 12.0 Å². The molecule has 1 aliphatic carbocycles. The number of rotatable bonds is 5. The summed E-state index contributed by atoms with van der Waals surface area (Å²) < 4.78 is 6.88. The van der Waals surface area contributed by atoms with Crippen LogP contribution in [-0.2, 0) is 24.1 Å². The van der Waals surface area contributed by atoms with Gasteiger partial charge in [0.05, 0.1) is 18.4 Å². The summed E-state index contributed by atoms with van der Waals surface area (Å²) >= 11 is 7.84. The third-order valence-corrected chi connectivity index (χ3v) is 6.74. The number of urea groups is 1. The molecule has 0 aliphatic heterocycles. The first-order chi connectivity index (χ1) is 14.6. The first-order valence-corrected chi connectivity index (χ1v) is 11.0. The molecule has 0 bridgehead atoms. The number of anilines is 1. The van der Waals surface area contributed by atoms with Gasteiger partial charge in [-0.25, -0.2) is 9.59 Å². The topological polar surface area (TPSA) is 72.4 Å². The minimum absolute atomic E-state index is 0.248. The molecular weight excluding hydrogens is 422 g/mol. The Kier molecular flexibility index (Phi) is 6.11. The predicted molar refractivity (Wildman–Crippen MR) is 119 cm³/mol. The Hall–Kier alpha value is -2.77. The van der Waals surface area contributed by atoms with Crippen LogP contribution in [0.15, 0.2) is 42.7 Å². The van der Waals surface area contributed by atoms with Crippen molar-refractivity contribution in [3.05, 3.63) is 69.3 Å². The van der Waals surface area contributed by atoms with E-state index in [0.717, 1.165) is 23.4 Å². The summed E-state index contributed by atoms with van der Waals surface area (Å²) in [7, 11) is 1.29. The van der Waals surface area contributed by atoms with Crippen molar-refractivity contribution >= 4 is 40.6 Å². The number of thiophene rings is 1. The SMILES string of the molecule is COC(=O)c1ccc(Cl)cc1NC(=O)NCc1c(-n2cccc2)sc2c1CCCC2. The zero-order valence-corrected chi connectivity index (χ0v) is 18.1. The van der Waals surface area contributed by atoms with Gasteiger partial charge in [-0.15, -0.1) is 11.3 Å². The molecule has 6 nitrogen and oxygen atoms in total. The maximum absolute atomic E-state index is 12.6. The molecule has 0 radical (unpaired) electrons. The van der Waals surface area contributed by atoms with E-state index in [4.69, 9.17) is 16.3 Å². The van der Waals surface area contributed by atoms with Gasteiger partial charge in [0.1, 0.15) is 5.00 Å². The first-order valence-electron chi connectivity index (χ1n) is 9.76. The van der Waals surface area contributed by atoms with E-state index in [0.29, 0.717) is 17.3 Å². The minimum Gasteiger partial charge on any atom is -0.465 e. The van der Waals surface area contributed by atoms with Gasteiger partial charge in [0.15, 0.2) is 0 Å². The van der Waals surface area contributed by atoms with Gasteiger partial charge in [-0.3, -0.25) is 0 Å². The number of hydrogen-bond acceptors (Lipinski definition) is 4. The lowest BCUT2D eigenvalue weighted by atomic mass is 9.95. The molecule has 2 amide bonds. The smallest absolute Gasteiger partial charge is 0.339 e. The van der Waals surface area contributed by atoms with Crippen LogP contribution in [0.5, 0.6) is 0 Å². The molecule has 3 aromatic rings. The van der Waals surface area contributed by atoms with E-state index in [9.17, 15) is 9.59 Å². The predicted octanol–water partition coefficient (Wildman–Crippen LogP) is 5.18. The fourth-order valence-corrected chi connectivity index (χ4v) is 5.27. The molecule has 8 heteroatoms. The summed E-state index contributed by atoms with van der Waals surface area (Å²) in [5.41, 5.74) is 3.07. The quantitative estimate of drug-likeness (QED) is 0.533. The van der Waals surface area contributed by atoms with Gasteiger partial charge < -0.3 is 19.9 Å². The van der Waals surface area contributed by atoms with Crippen molar-refractivity contribution in [2.24, 2.45) is 0 Å². The number of hydrogen-bond donors (Lipinski definition) is 2. The van der Waals surface area contributed by atoms with Gasteiger partial charge in [-0.2, -0.15) is 0 Å². The number of carbonyl (C=O) groups excluding carboxylic acids is 2. The van der Waals surface area contributed by atoms with Crippen molar-refractivity contribution < 1.29 is 14.3 Å². The third kappa shape index (κ3) is 4.22. The summed E-state index contributed by atoms with van der Waals surface area (Å²) in [4.78, 5) is 26.0. The van der Waals surface area contributed by atoms with E-state index in [2.05, 4.69) is 15.2 Å². The number of methoxy groups -OCH3 is 1. The fourth-order valence-electron chi connectivity index (χ4n) is 3.72. The van der Waals surface area contributed by atoms with Crippen LogP contribution in [0.2, 0.25) is 5.02 Å². The van der Waals surface area contributed by atoms with Crippen LogP contribution in [0.1, 0.15) is 39.2 Å². The standard InChI is InChI=1S/C22H22ClN3O3S/c1-29-21(27)16-9-8-14(23)12-18(16)25-22(28)24-13-17-15-6-2-3-7-19(15)30-20(17)26-10-4-5-11-26/h4-5,8-12H,2-3,6-7,13H2,1H3,(H2,24,25,28). The zero-order valence-electron chi connectivity index (χ0n) is 16.5. The minimum atomic E-state index is -0.538. The summed E-state index contributed by atoms with van der Waals surface area (Å²) in [6, 6.07) is 8.23. The van der Waals surface area contributed by atoms with E-state index in [1.807, 2.05) is 24.5 Å². The second kappa shape index (κ2) is 8.93. The maximum Gasteiger partial charge on any atom is 0.339 e. The van der Waals surface area contributed by atoms with Crippen molar-refractivity contribution in [3.8, 4) is 5.00 Å². The van der Waals surface area contributed by atoms with Gasteiger partial charge in [-0.05, 0) is 61.6 Å². The van der Waals surface area contributed by atoms with Crippen molar-refractivity contribution in [3.63, 3.8) is 0 Å². The van der Waals surface area contributed by atoms with Crippen molar-refractivity contribution in [2.45, 2.75) is 32.2 Å². The van der Waals surface area contributed by atoms with Crippen molar-refractivity contribution in [2.75, 3.05) is 12.4 Å². The number of carbonyl (C=O) groups is 2. The normalized spacial score (nSPS) is 12.9. The molecular formula is C22H22ClN3O3S. The van der Waals surface area contributed by atoms with E-state index in [1.54, 1.807) is 17.4 Å². The number of benzene rings is 1. The molecule has 4 rings (SSSR count). The molecule has 0 saturated heterocycles. The lowest BCUT2D eigenvalue weighted by Crippen LogP contribution is -2.29. The highest BCUT2D eigenvalue weighted by Gasteiger charge is 2.22. The lowest BCUT2D eigenvalue weighted by molar-refractivity contribution is 0.0602. The number of nitrogens with one attached hydrogen (secondary N) is 2. The van der Waals surface area contributed by atoms with Gasteiger partial charge in [0, 0.05) is 34.4 Å². The van der Waals surface area contributed by atoms with Crippen LogP contribution in [0.3, 0.4) is 0 Å². The molecule has 0 saturated carbocycles. The highest BCUT2D eigenvalue weighted by Crippen LogP contribution is 2.36. The number of aromatic nitrogens is 1. The fraction of sp³-hybridized carbons (Fsp3) is 0.273. The monoisotopic (exact) mass is 443 g/mol. The molecule has 2 aromatic heterocycles. The van der Waals surface area contributed by atoms with Crippen LogP contribution in [0.25, 0.3) is 5.00 Å². The number of ether oxygens (including phenoxy) is 1. The summed E-state index contributed by atoms with van der Waals surface area (Å²) in [6.45, 7) is 0.402. The lowest BCUT2D eigenvalue weighted by Gasteiger charge is -2.15. The van der Waals surface area contributed by atoms with Gasteiger partial charge in [0.25, 0.3) is 0 Å². The zero-order chi connectivity index (χ0) is 21.1. The van der Waals surface area contributed by atoms with Crippen molar-refractivity contribution in [1.29, 1.82) is 0 Å². The largest absolute Gasteiger partial charge is 0.465 e. The molecule has 1 aromatic carbocycles. The molecule has 156 valence electrons. The number of nitrogens with zero attached hydrogens (tertiary/aromatic N) is 1. The van der Waals surface area contributed by atoms with E-state index in [-0.39, 0.29) is 5.56 Å². The molecule has 2 heterocycles. The van der Waals surface area contributed by atoms with Crippen molar-refractivity contribution in [1.82, 2.24) is 9.88 Å².